The maximum Gasteiger partial charge on any atom is 0.311 e. The lowest BCUT2D eigenvalue weighted by Crippen LogP contribution is -2.11. The number of furan rings is 1. The van der Waals surface area contributed by atoms with Gasteiger partial charge in [0.2, 0.25) is 0 Å². The molecule has 0 saturated carbocycles. The number of hydrogen-bond acceptors (Lipinski definition) is 5. The molecule has 7 nitrogen and oxygen atoms in total. The summed E-state index contributed by atoms with van der Waals surface area (Å²) in [6.45, 7) is 0. The summed E-state index contributed by atoms with van der Waals surface area (Å²) >= 11 is 0. The van der Waals surface area contributed by atoms with Crippen molar-refractivity contribution < 1.29 is 23.1 Å². The quantitative estimate of drug-likeness (QED) is 0.340. The van der Waals surface area contributed by atoms with Crippen LogP contribution in [-0.2, 0) is 18.3 Å². The molecule has 0 aliphatic rings. The molecule has 0 saturated heterocycles. The van der Waals surface area contributed by atoms with Crippen molar-refractivity contribution in [3.05, 3.63) is 90.2 Å². The Morgan fingerprint density at radius 3 is 2.59 bits per heavy atom. The monoisotopic (exact) mass is 433 g/mol. The van der Waals surface area contributed by atoms with Gasteiger partial charge in [-0.05, 0) is 48.5 Å². The summed E-state index contributed by atoms with van der Waals surface area (Å²) in [6.07, 6.45) is 3.52. The first-order valence-electron chi connectivity index (χ1n) is 9.92. The van der Waals surface area contributed by atoms with Gasteiger partial charge in [0.15, 0.2) is 0 Å². The van der Waals surface area contributed by atoms with E-state index < -0.39 is 5.97 Å². The highest BCUT2D eigenvalue weighted by atomic mass is 19.1. The van der Waals surface area contributed by atoms with Crippen molar-refractivity contribution >= 4 is 17.6 Å². The van der Waals surface area contributed by atoms with E-state index in [1.54, 1.807) is 72.5 Å². The molecule has 32 heavy (non-hydrogen) atoms. The lowest BCUT2D eigenvalue weighted by Gasteiger charge is -2.06. The fourth-order valence-electron chi connectivity index (χ4n) is 3.07. The van der Waals surface area contributed by atoms with Crippen LogP contribution >= 0.6 is 0 Å². The second-order valence-electron chi connectivity index (χ2n) is 7.10. The minimum absolute atomic E-state index is 0.101. The van der Waals surface area contributed by atoms with Crippen molar-refractivity contribution in [3.63, 3.8) is 0 Å². The van der Waals surface area contributed by atoms with Gasteiger partial charge in [0.1, 0.15) is 23.1 Å². The number of esters is 1. The number of aromatic nitrogens is 2. The minimum atomic E-state index is -0.430. The Morgan fingerprint density at radius 2 is 1.88 bits per heavy atom. The number of hydrogen-bond donors (Lipinski definition) is 1. The van der Waals surface area contributed by atoms with Gasteiger partial charge in [-0.15, -0.1) is 0 Å². The number of benzene rings is 2. The number of anilines is 1. The van der Waals surface area contributed by atoms with Gasteiger partial charge in [0, 0.05) is 25.4 Å². The lowest BCUT2D eigenvalue weighted by atomic mass is 10.1. The molecular formula is C24H20FN3O4. The highest BCUT2D eigenvalue weighted by Gasteiger charge is 2.12. The van der Waals surface area contributed by atoms with E-state index in [1.165, 1.54) is 12.3 Å². The standard InChI is InChI=1S/C24H20FN3O4/c1-28-15-16(14-26-28)24(30)27-17-6-8-19(9-7-17)32-23(29)13-11-18-10-12-22(31-18)20-4-2-3-5-21(20)25/h2-10,12,14-15H,11,13H2,1H3,(H,27,30). The van der Waals surface area contributed by atoms with Crippen molar-refractivity contribution in [2.45, 2.75) is 12.8 Å². The Kier molecular flexibility index (Phi) is 6.12. The Bertz CT molecular complexity index is 1240. The van der Waals surface area contributed by atoms with E-state index in [0.717, 1.165) is 0 Å². The van der Waals surface area contributed by atoms with E-state index in [1.807, 2.05) is 0 Å². The number of halogens is 1. The van der Waals surface area contributed by atoms with E-state index in [0.29, 0.717) is 40.5 Å². The zero-order valence-corrected chi connectivity index (χ0v) is 17.2. The second kappa shape index (κ2) is 9.30. The van der Waals surface area contributed by atoms with E-state index >= 15 is 0 Å². The molecule has 0 unspecified atom stereocenters. The topological polar surface area (TPSA) is 86.4 Å². The van der Waals surface area contributed by atoms with Crippen LogP contribution in [0.25, 0.3) is 11.3 Å². The van der Waals surface area contributed by atoms with Crippen molar-refractivity contribution in [2.24, 2.45) is 7.05 Å². The van der Waals surface area contributed by atoms with Gasteiger partial charge in [-0.25, -0.2) is 4.39 Å². The van der Waals surface area contributed by atoms with Crippen LogP contribution in [0.2, 0.25) is 0 Å². The van der Waals surface area contributed by atoms with E-state index in [4.69, 9.17) is 9.15 Å². The highest BCUT2D eigenvalue weighted by Crippen LogP contribution is 2.25. The molecule has 1 amide bonds. The predicted molar refractivity (Wildman–Crippen MR) is 116 cm³/mol. The molecule has 0 aliphatic heterocycles. The number of carbonyl (C=O) groups is 2. The van der Waals surface area contributed by atoms with Gasteiger partial charge in [0.25, 0.3) is 5.91 Å². The third kappa shape index (κ3) is 5.10. The molecule has 0 atom stereocenters. The average molecular weight is 433 g/mol. The van der Waals surface area contributed by atoms with Crippen LogP contribution in [0.3, 0.4) is 0 Å². The third-order valence-electron chi connectivity index (χ3n) is 4.69. The molecule has 2 aromatic heterocycles. The van der Waals surface area contributed by atoms with Gasteiger partial charge >= 0.3 is 5.97 Å². The number of ether oxygens (including phenoxy) is 1. The number of rotatable bonds is 7. The minimum Gasteiger partial charge on any atom is -0.461 e. The lowest BCUT2D eigenvalue weighted by molar-refractivity contribution is -0.134. The Hall–Kier alpha value is -4.20. The van der Waals surface area contributed by atoms with Crippen molar-refractivity contribution in [1.82, 2.24) is 9.78 Å². The first-order chi connectivity index (χ1) is 15.5. The highest BCUT2D eigenvalue weighted by molar-refractivity contribution is 6.03. The molecule has 0 spiro atoms. The van der Waals surface area contributed by atoms with E-state index in [9.17, 15) is 14.0 Å². The molecule has 0 fully saturated rings. The van der Waals surface area contributed by atoms with Gasteiger partial charge < -0.3 is 14.5 Å². The first kappa shape index (κ1) is 21.0. The summed E-state index contributed by atoms with van der Waals surface area (Å²) in [5.74, 6) is 0.259. The largest absolute Gasteiger partial charge is 0.461 e. The Balaban J connectivity index is 1.28. The van der Waals surface area contributed by atoms with Gasteiger partial charge in [0.05, 0.1) is 23.7 Å². The summed E-state index contributed by atoms with van der Waals surface area (Å²) in [6, 6.07) is 16.2. The maximum absolute atomic E-state index is 13.9. The van der Waals surface area contributed by atoms with Crippen LogP contribution in [0.15, 0.2) is 77.5 Å². The fraction of sp³-hybridized carbons (Fsp3) is 0.125. The summed E-state index contributed by atoms with van der Waals surface area (Å²) < 4.78 is 26.4. The number of carbonyl (C=O) groups excluding carboxylic acids is 2. The Morgan fingerprint density at radius 1 is 1.09 bits per heavy atom. The third-order valence-corrected chi connectivity index (χ3v) is 4.69. The van der Waals surface area contributed by atoms with Crippen LogP contribution < -0.4 is 10.1 Å². The molecule has 162 valence electrons. The SMILES string of the molecule is Cn1cc(C(=O)Nc2ccc(OC(=O)CCc3ccc(-c4ccccc4F)o3)cc2)cn1. The van der Waals surface area contributed by atoms with Gasteiger partial charge in [-0.3, -0.25) is 14.3 Å². The van der Waals surface area contributed by atoms with Crippen LogP contribution in [0.1, 0.15) is 22.5 Å². The molecule has 2 aromatic carbocycles. The summed E-state index contributed by atoms with van der Waals surface area (Å²) in [7, 11) is 1.73. The molecule has 2 heterocycles. The molecule has 0 radical (unpaired) electrons. The molecule has 1 N–H and O–H groups in total. The molecule has 4 aromatic rings. The molecule has 4 rings (SSSR count). The molecule has 0 bridgehead atoms. The average Bonchev–Trinajstić information content (AvgIpc) is 3.43. The molecule has 8 heteroatoms. The van der Waals surface area contributed by atoms with Crippen molar-refractivity contribution in [3.8, 4) is 17.1 Å². The Labute approximate surface area is 183 Å². The number of amides is 1. The van der Waals surface area contributed by atoms with Crippen LogP contribution in [-0.4, -0.2) is 21.7 Å². The first-order valence-corrected chi connectivity index (χ1v) is 9.92. The fourth-order valence-corrected chi connectivity index (χ4v) is 3.07. The van der Waals surface area contributed by atoms with E-state index in [2.05, 4.69) is 10.4 Å². The predicted octanol–water partition coefficient (Wildman–Crippen LogP) is 4.61. The summed E-state index contributed by atoms with van der Waals surface area (Å²) in [5, 5.41) is 6.71. The summed E-state index contributed by atoms with van der Waals surface area (Å²) in [4.78, 5) is 24.3. The smallest absolute Gasteiger partial charge is 0.311 e. The number of nitrogens with one attached hydrogen (secondary N) is 1. The van der Waals surface area contributed by atoms with Crippen molar-refractivity contribution in [2.75, 3.05) is 5.32 Å². The molecular weight excluding hydrogens is 413 g/mol. The van der Waals surface area contributed by atoms with Gasteiger partial charge in [-0.1, -0.05) is 12.1 Å². The molecule has 0 aliphatic carbocycles. The number of aryl methyl sites for hydroxylation is 2. The van der Waals surface area contributed by atoms with Gasteiger partial charge in [-0.2, -0.15) is 5.10 Å². The zero-order chi connectivity index (χ0) is 22.5. The number of nitrogens with zero attached hydrogens (tertiary/aromatic N) is 2. The van der Waals surface area contributed by atoms with Crippen LogP contribution in [0, 0.1) is 5.82 Å². The summed E-state index contributed by atoms with van der Waals surface area (Å²) in [5.41, 5.74) is 1.38. The van der Waals surface area contributed by atoms with Crippen LogP contribution in [0.5, 0.6) is 5.75 Å². The van der Waals surface area contributed by atoms with E-state index in [-0.39, 0.29) is 18.1 Å². The van der Waals surface area contributed by atoms with Crippen molar-refractivity contribution in [1.29, 1.82) is 0 Å². The normalized spacial score (nSPS) is 10.7. The second-order valence-corrected chi connectivity index (χ2v) is 7.10. The van der Waals surface area contributed by atoms with Crippen LogP contribution in [0.4, 0.5) is 10.1 Å². The zero-order valence-electron chi connectivity index (χ0n) is 17.2. The maximum atomic E-state index is 13.9.